The third kappa shape index (κ3) is 3.73. The number of halogens is 1. The lowest BCUT2D eigenvalue weighted by Crippen LogP contribution is -2.05. The van der Waals surface area contributed by atoms with E-state index in [1.54, 1.807) is 36.4 Å². The molecule has 120 valence electrons. The molecule has 0 spiro atoms. The Kier molecular flexibility index (Phi) is 4.65. The quantitative estimate of drug-likeness (QED) is 0.739. The highest BCUT2D eigenvalue weighted by atomic mass is 19.1. The van der Waals surface area contributed by atoms with E-state index in [-0.39, 0.29) is 23.2 Å². The van der Waals surface area contributed by atoms with Gasteiger partial charge in [-0.15, -0.1) is 0 Å². The largest absolute Gasteiger partial charge is 0.507 e. The van der Waals surface area contributed by atoms with Gasteiger partial charge in [0.1, 0.15) is 17.3 Å². The second kappa shape index (κ2) is 6.86. The SMILES string of the molecule is Oc1cc(/C=C/c2cccc(F)c2)cc(O)c1C1CCCCC1. The number of hydrogen-bond donors (Lipinski definition) is 2. The first-order valence-electron chi connectivity index (χ1n) is 8.13. The molecule has 1 aliphatic rings. The zero-order valence-corrected chi connectivity index (χ0v) is 13.0. The van der Waals surface area contributed by atoms with E-state index in [9.17, 15) is 14.6 Å². The summed E-state index contributed by atoms with van der Waals surface area (Å²) in [6.07, 6.45) is 9.07. The van der Waals surface area contributed by atoms with E-state index < -0.39 is 0 Å². The molecular weight excluding hydrogens is 291 g/mol. The molecule has 2 N–H and O–H groups in total. The summed E-state index contributed by atoms with van der Waals surface area (Å²) in [7, 11) is 0. The number of phenols is 2. The van der Waals surface area contributed by atoms with Crippen LogP contribution in [0.4, 0.5) is 4.39 Å². The number of phenolic OH excluding ortho intramolecular Hbond substituents is 2. The number of aromatic hydroxyl groups is 2. The Bertz CT molecular complexity index is 692. The first-order chi connectivity index (χ1) is 11.1. The highest BCUT2D eigenvalue weighted by molar-refractivity contribution is 5.71. The van der Waals surface area contributed by atoms with Gasteiger partial charge in [0, 0.05) is 5.56 Å². The molecule has 2 aromatic rings. The topological polar surface area (TPSA) is 40.5 Å². The fraction of sp³-hybridized carbons (Fsp3) is 0.300. The standard InChI is InChI=1S/C20H21FO2/c21-17-8-4-5-14(11-17)9-10-15-12-18(22)20(19(23)13-15)16-6-2-1-3-7-16/h4-5,8-13,16,22-23H,1-3,6-7H2/b10-9+. The van der Waals surface area contributed by atoms with Gasteiger partial charge in [0.25, 0.3) is 0 Å². The maximum atomic E-state index is 13.2. The average molecular weight is 312 g/mol. The normalized spacial score (nSPS) is 16.0. The van der Waals surface area contributed by atoms with Crippen molar-refractivity contribution in [3.63, 3.8) is 0 Å². The molecule has 0 atom stereocenters. The minimum Gasteiger partial charge on any atom is -0.507 e. The molecule has 1 saturated carbocycles. The first kappa shape index (κ1) is 15.6. The lowest BCUT2D eigenvalue weighted by Gasteiger charge is -2.23. The van der Waals surface area contributed by atoms with Crippen molar-refractivity contribution < 1.29 is 14.6 Å². The van der Waals surface area contributed by atoms with Crippen LogP contribution in [0.2, 0.25) is 0 Å². The third-order valence-electron chi connectivity index (χ3n) is 4.49. The molecule has 1 fully saturated rings. The van der Waals surface area contributed by atoms with Gasteiger partial charge in [0.2, 0.25) is 0 Å². The average Bonchev–Trinajstić information content (AvgIpc) is 2.53. The summed E-state index contributed by atoms with van der Waals surface area (Å²) in [6.45, 7) is 0. The summed E-state index contributed by atoms with van der Waals surface area (Å²) in [6, 6.07) is 9.62. The van der Waals surface area contributed by atoms with Crippen molar-refractivity contribution >= 4 is 12.2 Å². The van der Waals surface area contributed by atoms with E-state index in [4.69, 9.17) is 0 Å². The van der Waals surface area contributed by atoms with Crippen LogP contribution in [0.5, 0.6) is 11.5 Å². The number of hydrogen-bond acceptors (Lipinski definition) is 2. The predicted molar refractivity (Wildman–Crippen MR) is 90.9 cm³/mol. The molecule has 0 bridgehead atoms. The Balaban J connectivity index is 1.84. The van der Waals surface area contributed by atoms with Crippen LogP contribution in [0.1, 0.15) is 54.7 Å². The van der Waals surface area contributed by atoms with Crippen LogP contribution in [0.25, 0.3) is 12.2 Å². The highest BCUT2D eigenvalue weighted by Crippen LogP contribution is 2.42. The minimum atomic E-state index is -0.287. The molecule has 0 radical (unpaired) electrons. The molecule has 0 amide bonds. The molecule has 2 aromatic carbocycles. The second-order valence-electron chi connectivity index (χ2n) is 6.20. The molecule has 0 aromatic heterocycles. The lowest BCUT2D eigenvalue weighted by atomic mass is 9.83. The van der Waals surface area contributed by atoms with E-state index in [2.05, 4.69) is 0 Å². The molecule has 1 aliphatic carbocycles. The first-order valence-corrected chi connectivity index (χ1v) is 8.13. The van der Waals surface area contributed by atoms with Crippen LogP contribution in [-0.2, 0) is 0 Å². The Morgan fingerprint density at radius 3 is 2.17 bits per heavy atom. The van der Waals surface area contributed by atoms with E-state index in [1.807, 2.05) is 0 Å². The van der Waals surface area contributed by atoms with Crippen LogP contribution >= 0.6 is 0 Å². The molecule has 3 heteroatoms. The van der Waals surface area contributed by atoms with Crippen molar-refractivity contribution in [2.75, 3.05) is 0 Å². The second-order valence-corrected chi connectivity index (χ2v) is 6.20. The zero-order valence-electron chi connectivity index (χ0n) is 13.0. The summed E-state index contributed by atoms with van der Waals surface area (Å²) in [5, 5.41) is 20.6. The van der Waals surface area contributed by atoms with Gasteiger partial charge in [-0.25, -0.2) is 4.39 Å². The summed E-state index contributed by atoms with van der Waals surface area (Å²) in [5.74, 6) is 0.252. The number of benzene rings is 2. The Hall–Kier alpha value is -2.29. The van der Waals surface area contributed by atoms with Crippen molar-refractivity contribution in [1.82, 2.24) is 0 Å². The highest BCUT2D eigenvalue weighted by Gasteiger charge is 2.22. The van der Waals surface area contributed by atoms with Gasteiger partial charge in [-0.3, -0.25) is 0 Å². The van der Waals surface area contributed by atoms with E-state index in [0.717, 1.165) is 31.2 Å². The van der Waals surface area contributed by atoms with Gasteiger partial charge < -0.3 is 10.2 Å². The van der Waals surface area contributed by atoms with Gasteiger partial charge in [0.05, 0.1) is 0 Å². The predicted octanol–water partition coefficient (Wildman–Crippen LogP) is 5.46. The van der Waals surface area contributed by atoms with Gasteiger partial charge in [0.15, 0.2) is 0 Å². The maximum absolute atomic E-state index is 13.2. The molecule has 2 nitrogen and oxygen atoms in total. The van der Waals surface area contributed by atoms with E-state index in [1.165, 1.54) is 18.6 Å². The fourth-order valence-electron chi connectivity index (χ4n) is 3.35. The Labute approximate surface area is 135 Å². The molecule has 0 heterocycles. The van der Waals surface area contributed by atoms with Crippen LogP contribution in [0.3, 0.4) is 0 Å². The van der Waals surface area contributed by atoms with Crippen molar-refractivity contribution in [2.24, 2.45) is 0 Å². The monoisotopic (exact) mass is 312 g/mol. The van der Waals surface area contributed by atoms with Gasteiger partial charge >= 0.3 is 0 Å². The van der Waals surface area contributed by atoms with Crippen LogP contribution < -0.4 is 0 Å². The van der Waals surface area contributed by atoms with Crippen LogP contribution in [0, 0.1) is 5.82 Å². The summed E-state index contributed by atoms with van der Waals surface area (Å²) in [5.41, 5.74) is 2.11. The smallest absolute Gasteiger partial charge is 0.123 e. The summed E-state index contributed by atoms with van der Waals surface area (Å²) in [4.78, 5) is 0. The summed E-state index contributed by atoms with van der Waals surface area (Å²) >= 11 is 0. The zero-order chi connectivity index (χ0) is 16.2. The lowest BCUT2D eigenvalue weighted by molar-refractivity contribution is 0.389. The van der Waals surface area contributed by atoms with Gasteiger partial charge in [-0.2, -0.15) is 0 Å². The van der Waals surface area contributed by atoms with Crippen molar-refractivity contribution in [3.8, 4) is 11.5 Å². The Morgan fingerprint density at radius 2 is 1.52 bits per heavy atom. The Morgan fingerprint density at radius 1 is 0.870 bits per heavy atom. The van der Waals surface area contributed by atoms with Gasteiger partial charge in [-0.05, 0) is 54.2 Å². The summed E-state index contributed by atoms with van der Waals surface area (Å²) < 4.78 is 13.2. The molecule has 0 saturated heterocycles. The molecular formula is C20H21FO2. The van der Waals surface area contributed by atoms with Crippen LogP contribution in [0.15, 0.2) is 36.4 Å². The molecule has 0 aliphatic heterocycles. The molecule has 3 rings (SSSR count). The minimum absolute atomic E-state index is 0.149. The van der Waals surface area contributed by atoms with E-state index >= 15 is 0 Å². The van der Waals surface area contributed by atoms with Crippen molar-refractivity contribution in [3.05, 3.63) is 58.9 Å². The van der Waals surface area contributed by atoms with Gasteiger partial charge in [-0.1, -0.05) is 43.5 Å². The van der Waals surface area contributed by atoms with E-state index in [0.29, 0.717) is 11.1 Å². The fourth-order valence-corrected chi connectivity index (χ4v) is 3.35. The van der Waals surface area contributed by atoms with Crippen molar-refractivity contribution in [1.29, 1.82) is 0 Å². The van der Waals surface area contributed by atoms with Crippen LogP contribution in [-0.4, -0.2) is 10.2 Å². The molecule has 23 heavy (non-hydrogen) atoms. The maximum Gasteiger partial charge on any atom is 0.123 e. The third-order valence-corrected chi connectivity index (χ3v) is 4.49. The molecule has 0 unspecified atom stereocenters. The number of rotatable bonds is 3. The van der Waals surface area contributed by atoms with Crippen molar-refractivity contribution in [2.45, 2.75) is 38.0 Å².